The Hall–Kier alpha value is -2.63. The van der Waals surface area contributed by atoms with Crippen molar-refractivity contribution in [3.8, 4) is 5.75 Å². The van der Waals surface area contributed by atoms with Gasteiger partial charge in [0, 0.05) is 41.5 Å². The number of rotatable bonds is 6. The highest BCUT2D eigenvalue weighted by atomic mass is 32.2. The Labute approximate surface area is 211 Å². The molecule has 0 spiro atoms. The van der Waals surface area contributed by atoms with E-state index in [1.54, 1.807) is 6.07 Å². The molecule has 0 unspecified atom stereocenters. The van der Waals surface area contributed by atoms with Crippen molar-refractivity contribution in [2.75, 3.05) is 30.9 Å². The number of nitrogens with zero attached hydrogens (tertiary/aromatic N) is 4. The van der Waals surface area contributed by atoms with Gasteiger partial charge in [-0.3, -0.25) is 0 Å². The molecule has 1 atom stereocenters. The number of hydrogen-bond donors (Lipinski definition) is 0. The average molecular weight is 533 g/mol. The Morgan fingerprint density at radius 2 is 1.97 bits per heavy atom. The maximum absolute atomic E-state index is 14.1. The average Bonchev–Trinajstić information content (AvgIpc) is 3.44. The van der Waals surface area contributed by atoms with E-state index in [1.165, 1.54) is 29.0 Å². The van der Waals surface area contributed by atoms with E-state index in [0.717, 1.165) is 35.0 Å². The van der Waals surface area contributed by atoms with Crippen LogP contribution in [-0.2, 0) is 26.2 Å². The summed E-state index contributed by atoms with van der Waals surface area (Å²) in [6, 6.07) is 8.15. The summed E-state index contributed by atoms with van der Waals surface area (Å²) in [6.45, 7) is 2.57. The van der Waals surface area contributed by atoms with E-state index in [4.69, 9.17) is 4.74 Å². The second-order valence-electron chi connectivity index (χ2n) is 9.53. The van der Waals surface area contributed by atoms with Gasteiger partial charge in [-0.2, -0.15) is 8.67 Å². The van der Waals surface area contributed by atoms with E-state index < -0.39 is 25.6 Å². The van der Waals surface area contributed by atoms with Gasteiger partial charge in [0.05, 0.1) is 39.4 Å². The second kappa shape index (κ2) is 9.68. The highest BCUT2D eigenvalue weighted by molar-refractivity contribution is 7.93. The van der Waals surface area contributed by atoms with Gasteiger partial charge in [0.2, 0.25) is 10.0 Å². The minimum Gasteiger partial charge on any atom is -0.489 e. The molecule has 0 amide bonds. The summed E-state index contributed by atoms with van der Waals surface area (Å²) in [7, 11) is -5.50. The van der Waals surface area contributed by atoms with Gasteiger partial charge in [0.25, 0.3) is 0 Å². The summed E-state index contributed by atoms with van der Waals surface area (Å²) in [6.07, 6.45) is 5.11. The molecule has 5 rings (SSSR count). The van der Waals surface area contributed by atoms with Crippen LogP contribution < -0.4 is 4.74 Å². The first-order valence-corrected chi connectivity index (χ1v) is 15.7. The highest BCUT2D eigenvalue weighted by Gasteiger charge is 2.30. The van der Waals surface area contributed by atoms with Crippen molar-refractivity contribution < 1.29 is 21.8 Å². The van der Waals surface area contributed by atoms with Crippen molar-refractivity contribution in [3.05, 3.63) is 59.3 Å². The highest BCUT2D eigenvalue weighted by Crippen LogP contribution is 2.32. The third-order valence-corrected chi connectivity index (χ3v) is 10.4. The minimum absolute atomic E-state index is 0.236. The van der Waals surface area contributed by atoms with Crippen LogP contribution in [0.3, 0.4) is 0 Å². The lowest BCUT2D eigenvalue weighted by Gasteiger charge is -2.18. The fourth-order valence-electron chi connectivity index (χ4n) is 4.92. The quantitative estimate of drug-likeness (QED) is 0.476. The Bertz CT molecular complexity index is 1540. The number of hydrogen-bond acceptors (Lipinski definition) is 7. The molecule has 36 heavy (non-hydrogen) atoms. The number of aryl methyl sites for hydroxylation is 1. The van der Waals surface area contributed by atoms with Gasteiger partial charge in [0.15, 0.2) is 0 Å². The third kappa shape index (κ3) is 5.37. The van der Waals surface area contributed by atoms with Crippen LogP contribution in [0.4, 0.5) is 10.1 Å². The molecule has 3 aromatic rings. The lowest BCUT2D eigenvalue weighted by molar-refractivity contribution is 0.213. The fraction of sp³-hybridized carbons (Fsp3) is 0.440. The Morgan fingerprint density at radius 1 is 1.19 bits per heavy atom. The van der Waals surface area contributed by atoms with Gasteiger partial charge in [-0.25, -0.2) is 27.0 Å². The molecular formula is C25H29FN4O4S2. The molecule has 2 aromatic carbocycles. The van der Waals surface area contributed by atoms with Crippen LogP contribution in [0.15, 0.2) is 41.0 Å². The molecule has 2 aliphatic rings. The van der Waals surface area contributed by atoms with Gasteiger partial charge in [0.1, 0.15) is 24.0 Å². The van der Waals surface area contributed by atoms with Crippen molar-refractivity contribution in [2.45, 2.75) is 38.7 Å². The van der Waals surface area contributed by atoms with Crippen molar-refractivity contribution in [2.24, 2.45) is 4.36 Å². The van der Waals surface area contributed by atoms with E-state index >= 15 is 0 Å². The molecule has 1 aromatic heterocycles. The lowest BCUT2D eigenvalue weighted by atomic mass is 10.0. The van der Waals surface area contributed by atoms with Gasteiger partial charge >= 0.3 is 0 Å². The zero-order valence-electron chi connectivity index (χ0n) is 20.3. The maximum Gasteiger partial charge on any atom is 0.211 e. The molecule has 3 heterocycles. The van der Waals surface area contributed by atoms with E-state index in [0.29, 0.717) is 47.8 Å². The Morgan fingerprint density at radius 3 is 2.69 bits per heavy atom. The largest absolute Gasteiger partial charge is 0.489 e. The van der Waals surface area contributed by atoms with E-state index in [2.05, 4.69) is 14.3 Å². The summed E-state index contributed by atoms with van der Waals surface area (Å²) in [5.41, 5.74) is 3.81. The molecular weight excluding hydrogens is 503 g/mol. The van der Waals surface area contributed by atoms with E-state index in [-0.39, 0.29) is 12.6 Å². The second-order valence-corrected chi connectivity index (χ2v) is 14.1. The van der Waals surface area contributed by atoms with Crippen LogP contribution in [0.25, 0.3) is 10.9 Å². The van der Waals surface area contributed by atoms with E-state index in [9.17, 15) is 17.0 Å². The molecule has 0 radical (unpaired) electrons. The van der Waals surface area contributed by atoms with Crippen molar-refractivity contribution in [1.82, 2.24) is 14.3 Å². The number of benzene rings is 2. The zero-order chi connectivity index (χ0) is 25.5. The van der Waals surface area contributed by atoms with Crippen LogP contribution in [0.2, 0.25) is 0 Å². The zero-order valence-corrected chi connectivity index (χ0v) is 21.9. The molecule has 2 aliphatic heterocycles. The summed E-state index contributed by atoms with van der Waals surface area (Å²) in [4.78, 5) is 8.95. The van der Waals surface area contributed by atoms with Gasteiger partial charge in [-0.05, 0) is 49.9 Å². The summed E-state index contributed by atoms with van der Waals surface area (Å²) in [5, 5.41) is 0.872. The van der Waals surface area contributed by atoms with Crippen LogP contribution in [0, 0.1) is 12.7 Å². The van der Waals surface area contributed by atoms with Gasteiger partial charge in [-0.15, -0.1) is 0 Å². The Balaban J connectivity index is 1.45. The van der Waals surface area contributed by atoms with E-state index in [1.807, 2.05) is 19.1 Å². The summed E-state index contributed by atoms with van der Waals surface area (Å²) >= 11 is 0. The number of fused-ring (bicyclic) bond motifs is 1. The monoisotopic (exact) mass is 532 g/mol. The molecule has 2 saturated heterocycles. The first-order valence-electron chi connectivity index (χ1n) is 12.0. The van der Waals surface area contributed by atoms with Crippen LogP contribution in [0.5, 0.6) is 5.75 Å². The molecule has 0 saturated carbocycles. The van der Waals surface area contributed by atoms with Crippen LogP contribution in [0.1, 0.15) is 36.1 Å². The molecule has 0 N–H and O–H groups in total. The Kier molecular flexibility index (Phi) is 6.73. The molecule has 0 aliphatic carbocycles. The van der Waals surface area contributed by atoms with Gasteiger partial charge in [-0.1, -0.05) is 6.07 Å². The number of halogens is 1. The number of aromatic nitrogens is 2. The van der Waals surface area contributed by atoms with Crippen molar-refractivity contribution >= 4 is 36.3 Å². The molecule has 2 fully saturated rings. The normalized spacial score (nSPS) is 20.1. The third-order valence-electron chi connectivity index (χ3n) is 6.70. The standard InChI is InChI=1S/C25H29FN4O4S2/c1-17-11-20(29-36(33)9-3-4-10-36)14-23-25(17)22(27-16-28-23)12-18-5-6-19(26)13-24(18)34-21-7-8-30(15-21)35(2,31)32/h5-6,11,13-14,16,21H,3-4,7-10,12,15H2,1-2H3/t21-/m1/s1. The lowest BCUT2D eigenvalue weighted by Crippen LogP contribution is -2.30. The maximum atomic E-state index is 14.1. The molecule has 11 heteroatoms. The minimum atomic E-state index is -3.30. The first-order chi connectivity index (χ1) is 17.1. The first kappa shape index (κ1) is 25.0. The smallest absolute Gasteiger partial charge is 0.211 e. The number of sulfonamides is 1. The molecule has 8 nitrogen and oxygen atoms in total. The molecule has 0 bridgehead atoms. The van der Waals surface area contributed by atoms with Gasteiger partial charge < -0.3 is 4.74 Å². The van der Waals surface area contributed by atoms with Crippen molar-refractivity contribution in [3.63, 3.8) is 0 Å². The topological polar surface area (TPSA) is 102 Å². The fourth-order valence-corrected chi connectivity index (χ4v) is 7.98. The predicted octanol–water partition coefficient (Wildman–Crippen LogP) is 3.97. The van der Waals surface area contributed by atoms with Crippen molar-refractivity contribution in [1.29, 1.82) is 0 Å². The number of ether oxygens (including phenoxy) is 1. The predicted molar refractivity (Wildman–Crippen MR) is 138 cm³/mol. The van der Waals surface area contributed by atoms with Crippen LogP contribution >= 0.6 is 0 Å². The molecule has 192 valence electrons. The summed E-state index contributed by atoms with van der Waals surface area (Å²) < 4.78 is 62.8. The summed E-state index contributed by atoms with van der Waals surface area (Å²) in [5.74, 6) is 1.22. The van der Waals surface area contributed by atoms with Crippen LogP contribution in [-0.4, -0.2) is 63.9 Å². The SMILES string of the molecule is Cc1cc(N=S2(=O)CCCC2)cc2ncnc(Cc3ccc(F)cc3O[C@@H]3CCN(S(C)(=O)=O)C3)c12.